The lowest BCUT2D eigenvalue weighted by Gasteiger charge is -2.47. The summed E-state index contributed by atoms with van der Waals surface area (Å²) in [6.07, 6.45) is 3.87. The fourth-order valence-corrected chi connectivity index (χ4v) is 4.02. The molecule has 0 aromatic heterocycles. The first-order chi connectivity index (χ1) is 9.70. The van der Waals surface area contributed by atoms with E-state index in [0.29, 0.717) is 0 Å². The molecule has 0 N–H and O–H groups in total. The van der Waals surface area contributed by atoms with Crippen LogP contribution in [0.1, 0.15) is 30.4 Å². The van der Waals surface area contributed by atoms with Crippen LogP contribution >= 0.6 is 0 Å². The van der Waals surface area contributed by atoms with Crippen molar-refractivity contribution in [2.75, 3.05) is 31.6 Å². The van der Waals surface area contributed by atoms with Gasteiger partial charge in [0.1, 0.15) is 6.07 Å². The van der Waals surface area contributed by atoms with Gasteiger partial charge < -0.3 is 9.80 Å². The molecule has 2 fully saturated rings. The van der Waals surface area contributed by atoms with Gasteiger partial charge in [0.15, 0.2) is 0 Å². The van der Waals surface area contributed by atoms with E-state index in [4.69, 9.17) is 0 Å². The van der Waals surface area contributed by atoms with E-state index >= 15 is 0 Å². The van der Waals surface area contributed by atoms with Crippen LogP contribution in [0.25, 0.3) is 0 Å². The molecule has 0 saturated carbocycles. The SMILES string of the molecule is Cc1cccc(C#N)c1N1CCC2C(CCCN2C)C1. The molecule has 2 aliphatic rings. The van der Waals surface area contributed by atoms with Crippen molar-refractivity contribution in [2.24, 2.45) is 5.92 Å². The van der Waals surface area contributed by atoms with Gasteiger partial charge in [-0.2, -0.15) is 5.26 Å². The normalized spacial score (nSPS) is 26.9. The highest BCUT2D eigenvalue weighted by atomic mass is 15.2. The summed E-state index contributed by atoms with van der Waals surface area (Å²) in [7, 11) is 2.26. The van der Waals surface area contributed by atoms with Crippen LogP contribution in [-0.4, -0.2) is 37.6 Å². The van der Waals surface area contributed by atoms with Crippen LogP contribution in [0.2, 0.25) is 0 Å². The summed E-state index contributed by atoms with van der Waals surface area (Å²) in [6.45, 7) is 5.55. The first-order valence-corrected chi connectivity index (χ1v) is 7.65. The van der Waals surface area contributed by atoms with E-state index in [0.717, 1.165) is 30.6 Å². The van der Waals surface area contributed by atoms with Crippen molar-refractivity contribution in [3.05, 3.63) is 29.3 Å². The van der Waals surface area contributed by atoms with Crippen molar-refractivity contribution in [1.82, 2.24) is 4.90 Å². The molecule has 2 saturated heterocycles. The van der Waals surface area contributed by atoms with E-state index in [2.05, 4.69) is 35.9 Å². The zero-order valence-corrected chi connectivity index (χ0v) is 12.5. The average molecular weight is 269 g/mol. The summed E-state index contributed by atoms with van der Waals surface area (Å²) in [4.78, 5) is 4.99. The van der Waals surface area contributed by atoms with E-state index < -0.39 is 0 Å². The Balaban J connectivity index is 1.85. The summed E-state index contributed by atoms with van der Waals surface area (Å²) >= 11 is 0. The molecule has 20 heavy (non-hydrogen) atoms. The van der Waals surface area contributed by atoms with E-state index in [1.165, 1.54) is 37.1 Å². The number of nitrogens with zero attached hydrogens (tertiary/aromatic N) is 3. The maximum atomic E-state index is 9.36. The molecule has 3 rings (SSSR count). The zero-order valence-electron chi connectivity index (χ0n) is 12.5. The Bertz CT molecular complexity index is 532. The number of para-hydroxylation sites is 1. The lowest BCUT2D eigenvalue weighted by Crippen LogP contribution is -2.53. The van der Waals surface area contributed by atoms with E-state index in [1.807, 2.05) is 12.1 Å². The van der Waals surface area contributed by atoms with Crippen LogP contribution in [0.3, 0.4) is 0 Å². The van der Waals surface area contributed by atoms with Crippen molar-refractivity contribution >= 4 is 5.69 Å². The van der Waals surface area contributed by atoms with Crippen molar-refractivity contribution in [3.8, 4) is 6.07 Å². The minimum absolute atomic E-state index is 0.745. The number of rotatable bonds is 1. The maximum Gasteiger partial charge on any atom is 0.101 e. The van der Waals surface area contributed by atoms with Gasteiger partial charge in [-0.25, -0.2) is 0 Å². The largest absolute Gasteiger partial charge is 0.370 e. The van der Waals surface area contributed by atoms with Crippen LogP contribution in [0.4, 0.5) is 5.69 Å². The Kier molecular flexibility index (Phi) is 3.67. The minimum atomic E-state index is 0.745. The van der Waals surface area contributed by atoms with Crippen LogP contribution in [0.5, 0.6) is 0 Å². The second-order valence-electron chi connectivity index (χ2n) is 6.27. The molecule has 0 amide bonds. The van der Waals surface area contributed by atoms with Crippen molar-refractivity contribution < 1.29 is 0 Å². The number of likely N-dealkylation sites (tertiary alicyclic amines) is 1. The zero-order chi connectivity index (χ0) is 14.1. The number of aryl methyl sites for hydroxylation is 1. The molecular weight excluding hydrogens is 246 g/mol. The third-order valence-electron chi connectivity index (χ3n) is 5.02. The number of nitriles is 1. The molecule has 0 bridgehead atoms. The van der Waals surface area contributed by atoms with Gasteiger partial charge in [-0.15, -0.1) is 0 Å². The molecule has 0 aliphatic carbocycles. The van der Waals surface area contributed by atoms with Crippen LogP contribution in [0, 0.1) is 24.2 Å². The van der Waals surface area contributed by atoms with Crippen molar-refractivity contribution in [1.29, 1.82) is 5.26 Å². The van der Waals surface area contributed by atoms with Gasteiger partial charge in [0.2, 0.25) is 0 Å². The van der Waals surface area contributed by atoms with E-state index in [-0.39, 0.29) is 0 Å². The molecule has 106 valence electrons. The highest BCUT2D eigenvalue weighted by molar-refractivity contribution is 5.64. The molecule has 1 aromatic carbocycles. The summed E-state index contributed by atoms with van der Waals surface area (Å²) in [5.74, 6) is 0.758. The third kappa shape index (κ3) is 2.29. The van der Waals surface area contributed by atoms with Gasteiger partial charge >= 0.3 is 0 Å². The highest BCUT2D eigenvalue weighted by Crippen LogP contribution is 2.34. The molecule has 3 heteroatoms. The van der Waals surface area contributed by atoms with Crippen LogP contribution in [0.15, 0.2) is 18.2 Å². The smallest absolute Gasteiger partial charge is 0.101 e. The second-order valence-corrected chi connectivity index (χ2v) is 6.27. The molecule has 2 aliphatic heterocycles. The molecule has 1 aromatic rings. The molecule has 0 spiro atoms. The van der Waals surface area contributed by atoms with Gasteiger partial charge in [-0.1, -0.05) is 12.1 Å². The van der Waals surface area contributed by atoms with Crippen molar-refractivity contribution in [3.63, 3.8) is 0 Å². The predicted octanol–water partition coefficient (Wildman–Crippen LogP) is 2.79. The number of benzene rings is 1. The van der Waals surface area contributed by atoms with Gasteiger partial charge in [0.25, 0.3) is 0 Å². The first-order valence-electron chi connectivity index (χ1n) is 7.65. The Labute approximate surface area is 121 Å². The molecule has 2 unspecified atom stereocenters. The Morgan fingerprint density at radius 1 is 1.25 bits per heavy atom. The molecule has 0 radical (unpaired) electrons. The minimum Gasteiger partial charge on any atom is -0.370 e. The summed E-state index contributed by atoms with van der Waals surface area (Å²) in [5.41, 5.74) is 3.22. The number of hydrogen-bond acceptors (Lipinski definition) is 3. The van der Waals surface area contributed by atoms with Gasteiger partial charge in [0, 0.05) is 19.1 Å². The highest BCUT2D eigenvalue weighted by Gasteiger charge is 2.35. The quantitative estimate of drug-likeness (QED) is 0.785. The van der Waals surface area contributed by atoms with E-state index in [1.54, 1.807) is 0 Å². The first kappa shape index (κ1) is 13.5. The van der Waals surface area contributed by atoms with Crippen LogP contribution in [-0.2, 0) is 0 Å². The lowest BCUT2D eigenvalue weighted by atomic mass is 9.83. The van der Waals surface area contributed by atoms with Gasteiger partial charge in [-0.3, -0.25) is 0 Å². The van der Waals surface area contributed by atoms with Gasteiger partial charge in [-0.05, 0) is 57.3 Å². The molecular formula is C17H23N3. The predicted molar refractivity (Wildman–Crippen MR) is 81.9 cm³/mol. The number of anilines is 1. The number of fused-ring (bicyclic) bond motifs is 1. The molecule has 3 nitrogen and oxygen atoms in total. The Morgan fingerprint density at radius 2 is 2.10 bits per heavy atom. The maximum absolute atomic E-state index is 9.36. The van der Waals surface area contributed by atoms with Crippen LogP contribution < -0.4 is 4.90 Å². The van der Waals surface area contributed by atoms with Crippen molar-refractivity contribution in [2.45, 2.75) is 32.2 Å². The molecule has 2 heterocycles. The standard InChI is InChI=1S/C17H23N3/c1-13-5-3-6-14(11-18)17(13)20-10-8-16-15(12-20)7-4-9-19(16)2/h3,5-6,15-16H,4,7-10,12H2,1-2H3. The second kappa shape index (κ2) is 5.46. The third-order valence-corrected chi connectivity index (χ3v) is 5.02. The van der Waals surface area contributed by atoms with E-state index in [9.17, 15) is 5.26 Å². The van der Waals surface area contributed by atoms with Gasteiger partial charge in [0.05, 0.1) is 11.3 Å². The monoisotopic (exact) mass is 269 g/mol. The summed E-state index contributed by atoms with van der Waals surface area (Å²) < 4.78 is 0. The lowest BCUT2D eigenvalue weighted by molar-refractivity contribution is 0.102. The fourth-order valence-electron chi connectivity index (χ4n) is 4.02. The number of hydrogen-bond donors (Lipinski definition) is 0. The average Bonchev–Trinajstić information content (AvgIpc) is 2.47. The number of piperidine rings is 2. The topological polar surface area (TPSA) is 30.3 Å². The fraction of sp³-hybridized carbons (Fsp3) is 0.588. The summed E-state index contributed by atoms with van der Waals surface area (Å²) in [6, 6.07) is 9.16. The summed E-state index contributed by atoms with van der Waals surface area (Å²) in [5, 5.41) is 9.36. The Hall–Kier alpha value is -1.53. The Morgan fingerprint density at radius 3 is 2.90 bits per heavy atom. The molecule has 2 atom stereocenters.